The molecular formula is C30H38ClF3N2O6S. The van der Waals surface area contributed by atoms with Crippen LogP contribution in [0.15, 0.2) is 35.2 Å². The molecule has 0 radical (unpaired) electrons. The van der Waals surface area contributed by atoms with Gasteiger partial charge < -0.3 is 20.8 Å². The number of halogens is 4. The van der Waals surface area contributed by atoms with Crippen molar-refractivity contribution in [1.29, 1.82) is 0 Å². The van der Waals surface area contributed by atoms with Crippen molar-refractivity contribution in [2.45, 2.75) is 82.2 Å². The molecule has 1 aliphatic rings. The number of sulfone groups is 1. The largest absolute Gasteiger partial charge is 0.391 e. The summed E-state index contributed by atoms with van der Waals surface area (Å²) < 4.78 is 68.2. The van der Waals surface area contributed by atoms with Crippen LogP contribution in [0.2, 0.25) is 5.02 Å². The minimum absolute atomic E-state index is 0.0390. The van der Waals surface area contributed by atoms with Gasteiger partial charge in [-0.3, -0.25) is 9.59 Å². The minimum Gasteiger partial charge on any atom is -0.391 e. The van der Waals surface area contributed by atoms with Gasteiger partial charge >= 0.3 is 0 Å². The Morgan fingerprint density at radius 3 is 2.28 bits per heavy atom. The molecule has 3 rings (SSSR count). The maximum Gasteiger partial charge on any atom is 0.255 e. The summed E-state index contributed by atoms with van der Waals surface area (Å²) in [5, 5.41) is 26.2. The lowest BCUT2D eigenvalue weighted by Gasteiger charge is -2.48. The summed E-state index contributed by atoms with van der Waals surface area (Å²) in [6.07, 6.45) is -0.618. The van der Waals surface area contributed by atoms with Crippen LogP contribution in [-0.4, -0.2) is 53.9 Å². The van der Waals surface area contributed by atoms with Crippen molar-refractivity contribution < 1.29 is 41.4 Å². The van der Waals surface area contributed by atoms with Crippen LogP contribution < -0.4 is 10.6 Å². The second-order valence-corrected chi connectivity index (χ2v) is 14.9. The van der Waals surface area contributed by atoms with Crippen LogP contribution in [0.4, 0.5) is 18.9 Å². The second kappa shape index (κ2) is 13.1. The third kappa shape index (κ3) is 7.71. The Morgan fingerprint density at radius 2 is 1.72 bits per heavy atom. The minimum atomic E-state index is -4.15. The fourth-order valence-electron chi connectivity index (χ4n) is 5.56. The highest BCUT2D eigenvalue weighted by atomic mass is 35.5. The molecule has 0 aromatic heterocycles. The van der Waals surface area contributed by atoms with Gasteiger partial charge in [0.15, 0.2) is 27.3 Å². The van der Waals surface area contributed by atoms with Gasteiger partial charge in [-0.15, -0.1) is 0 Å². The van der Waals surface area contributed by atoms with Gasteiger partial charge in [0, 0.05) is 41.8 Å². The van der Waals surface area contributed by atoms with Crippen LogP contribution in [-0.2, 0) is 14.6 Å². The molecule has 2 aromatic carbocycles. The van der Waals surface area contributed by atoms with E-state index in [-0.39, 0.29) is 52.9 Å². The van der Waals surface area contributed by atoms with Gasteiger partial charge in [-0.05, 0) is 42.9 Å². The fraction of sp³-hybridized carbons (Fsp3) is 0.533. The van der Waals surface area contributed by atoms with Crippen LogP contribution >= 0.6 is 11.6 Å². The van der Waals surface area contributed by atoms with Gasteiger partial charge in [-0.1, -0.05) is 52.6 Å². The molecule has 2 aromatic rings. The predicted molar refractivity (Wildman–Crippen MR) is 157 cm³/mol. The predicted octanol–water partition coefficient (Wildman–Crippen LogP) is 5.25. The van der Waals surface area contributed by atoms with Crippen molar-refractivity contribution in [1.82, 2.24) is 5.32 Å². The molecule has 13 heteroatoms. The topological polar surface area (TPSA) is 133 Å². The summed E-state index contributed by atoms with van der Waals surface area (Å²) in [6.45, 7) is 8.66. The van der Waals surface area contributed by atoms with Crippen molar-refractivity contribution in [3.8, 4) is 0 Å². The zero-order valence-electron chi connectivity index (χ0n) is 24.7. The van der Waals surface area contributed by atoms with E-state index in [1.807, 2.05) is 6.92 Å². The maximum absolute atomic E-state index is 13.8. The number of nitrogens with one attached hydrogen (secondary N) is 2. The Labute approximate surface area is 254 Å². The molecule has 0 heterocycles. The normalized spacial score (nSPS) is 23.5. The standard InChI is InChI=1S/C30H38ClF3N2O6S/c1-6-18-11-21(9-16(2)30(18,40)14-20(37)15-35-28(39)29(3,4)5)43(41,42)25-10-17(7-8-22(25)31)27(38)36-19-12-23(32)26(34)24(33)13-19/h7-8,10,12-13,16,18,20-21,37,40H,6,9,11,14-15H2,1-5H3,(H,35,39)(H,36,38)/t16-,18?,20?,21-,30-/m0/s1. The first-order chi connectivity index (χ1) is 19.8. The first kappa shape index (κ1) is 34.8. The van der Waals surface area contributed by atoms with E-state index in [9.17, 15) is 41.4 Å². The highest BCUT2D eigenvalue weighted by Crippen LogP contribution is 2.46. The third-order valence-corrected chi connectivity index (χ3v) is 10.8. The number of benzene rings is 2. The first-order valence-corrected chi connectivity index (χ1v) is 15.9. The number of anilines is 1. The molecule has 1 saturated carbocycles. The van der Waals surface area contributed by atoms with E-state index in [1.54, 1.807) is 27.7 Å². The number of hydrogen-bond donors (Lipinski definition) is 4. The Morgan fingerprint density at radius 1 is 1.12 bits per heavy atom. The summed E-state index contributed by atoms with van der Waals surface area (Å²) in [6, 6.07) is 4.71. The lowest BCUT2D eigenvalue weighted by atomic mass is 9.65. The smallest absolute Gasteiger partial charge is 0.255 e. The van der Waals surface area contributed by atoms with Crippen LogP contribution in [0.3, 0.4) is 0 Å². The molecule has 2 amide bonds. The lowest BCUT2D eigenvalue weighted by molar-refractivity contribution is -0.131. The van der Waals surface area contributed by atoms with E-state index in [4.69, 9.17) is 11.6 Å². The monoisotopic (exact) mass is 646 g/mol. The Bertz CT molecular complexity index is 1460. The molecule has 8 nitrogen and oxygen atoms in total. The SMILES string of the molecule is CCC1C[C@@H](S(=O)(=O)c2cc(C(=O)Nc3cc(F)c(F)c(F)c3)ccc2Cl)C[C@H](C)[C@@]1(O)CC(O)CNC(=O)C(C)(C)C. The van der Waals surface area contributed by atoms with Gasteiger partial charge in [-0.2, -0.15) is 0 Å². The molecule has 43 heavy (non-hydrogen) atoms. The van der Waals surface area contributed by atoms with E-state index >= 15 is 0 Å². The van der Waals surface area contributed by atoms with E-state index in [0.29, 0.717) is 18.6 Å². The van der Waals surface area contributed by atoms with Gasteiger partial charge in [0.05, 0.1) is 26.9 Å². The third-order valence-electron chi connectivity index (χ3n) is 8.14. The van der Waals surface area contributed by atoms with E-state index in [1.165, 1.54) is 12.1 Å². The number of rotatable bonds is 9. The van der Waals surface area contributed by atoms with E-state index in [2.05, 4.69) is 10.6 Å². The summed E-state index contributed by atoms with van der Waals surface area (Å²) in [5.74, 6) is -6.94. The molecule has 2 unspecified atom stereocenters. The van der Waals surface area contributed by atoms with Gasteiger partial charge in [0.25, 0.3) is 5.91 Å². The summed E-state index contributed by atoms with van der Waals surface area (Å²) in [7, 11) is -4.15. The fourth-order valence-corrected chi connectivity index (χ4v) is 8.02. The molecule has 0 spiro atoms. The molecule has 4 N–H and O–H groups in total. The second-order valence-electron chi connectivity index (χ2n) is 12.3. The van der Waals surface area contributed by atoms with E-state index in [0.717, 1.165) is 6.07 Å². The summed E-state index contributed by atoms with van der Waals surface area (Å²) in [5.41, 5.74) is -2.59. The maximum atomic E-state index is 13.8. The number of carbonyl (C=O) groups excluding carboxylic acids is 2. The average molecular weight is 647 g/mol. The summed E-state index contributed by atoms with van der Waals surface area (Å²) >= 11 is 6.28. The number of carbonyl (C=O) groups is 2. The first-order valence-electron chi connectivity index (χ1n) is 14.0. The number of aliphatic hydroxyl groups is 2. The van der Waals surface area contributed by atoms with Crippen molar-refractivity contribution in [3.63, 3.8) is 0 Å². The number of hydrogen-bond acceptors (Lipinski definition) is 6. The van der Waals surface area contributed by atoms with Gasteiger partial charge in [0.1, 0.15) is 0 Å². The Balaban J connectivity index is 1.81. The van der Waals surface area contributed by atoms with Gasteiger partial charge in [0.2, 0.25) is 5.91 Å². The Hall–Kier alpha value is -2.67. The quantitative estimate of drug-likeness (QED) is 0.275. The highest BCUT2D eigenvalue weighted by molar-refractivity contribution is 7.92. The molecule has 238 valence electrons. The van der Waals surface area contributed by atoms with Crippen molar-refractivity contribution >= 4 is 38.9 Å². The van der Waals surface area contributed by atoms with Crippen LogP contribution in [0.25, 0.3) is 0 Å². The molecular weight excluding hydrogens is 609 g/mol. The van der Waals surface area contributed by atoms with Crippen LogP contribution in [0, 0.1) is 34.7 Å². The van der Waals surface area contributed by atoms with Gasteiger partial charge in [-0.25, -0.2) is 21.6 Å². The zero-order valence-corrected chi connectivity index (χ0v) is 26.3. The molecule has 0 bridgehead atoms. The molecule has 0 aliphatic heterocycles. The van der Waals surface area contributed by atoms with Crippen LogP contribution in [0.1, 0.15) is 70.7 Å². The lowest BCUT2D eigenvalue weighted by Crippen LogP contribution is -2.54. The number of aliphatic hydroxyl groups excluding tert-OH is 1. The molecule has 0 saturated heterocycles. The molecule has 1 fully saturated rings. The van der Waals surface area contributed by atoms with Crippen molar-refractivity contribution in [3.05, 3.63) is 58.4 Å². The number of amides is 2. The highest BCUT2D eigenvalue weighted by Gasteiger charge is 2.50. The summed E-state index contributed by atoms with van der Waals surface area (Å²) in [4.78, 5) is 24.7. The molecule has 1 aliphatic carbocycles. The van der Waals surface area contributed by atoms with Crippen LogP contribution in [0.5, 0.6) is 0 Å². The zero-order chi connectivity index (χ0) is 32.5. The molecule has 5 atom stereocenters. The van der Waals surface area contributed by atoms with Crippen molar-refractivity contribution in [2.75, 3.05) is 11.9 Å². The van der Waals surface area contributed by atoms with Crippen molar-refractivity contribution in [2.24, 2.45) is 17.3 Å². The Kier molecular flexibility index (Phi) is 10.6. The van der Waals surface area contributed by atoms with E-state index < -0.39 is 67.4 Å². The average Bonchev–Trinajstić information content (AvgIpc) is 2.91.